The van der Waals surface area contributed by atoms with Gasteiger partial charge < -0.3 is 10.3 Å². The monoisotopic (exact) mass is 370 g/mol. The summed E-state index contributed by atoms with van der Waals surface area (Å²) in [6, 6.07) is 7.66. The van der Waals surface area contributed by atoms with Crippen molar-refractivity contribution in [3.8, 4) is 0 Å². The van der Waals surface area contributed by atoms with Crippen LogP contribution in [-0.4, -0.2) is 26.2 Å². The summed E-state index contributed by atoms with van der Waals surface area (Å²) in [4.78, 5) is 32.5. The Bertz CT molecular complexity index is 1040. The van der Waals surface area contributed by atoms with Crippen LogP contribution in [0.2, 0.25) is 0 Å². The highest BCUT2D eigenvalue weighted by Gasteiger charge is 2.14. The van der Waals surface area contributed by atoms with Crippen molar-refractivity contribution in [2.75, 3.05) is 11.1 Å². The van der Waals surface area contributed by atoms with Crippen molar-refractivity contribution in [2.45, 2.75) is 39.4 Å². The number of carbonyl (C=O) groups excluding carboxylic acids is 1. The van der Waals surface area contributed by atoms with Gasteiger partial charge in [0, 0.05) is 17.9 Å². The second-order valence-electron chi connectivity index (χ2n) is 6.24. The number of rotatable bonds is 5. The molecule has 2 aromatic heterocycles. The van der Waals surface area contributed by atoms with Gasteiger partial charge in [-0.25, -0.2) is 4.98 Å². The Balaban J connectivity index is 1.79. The number of aromatic amines is 1. The van der Waals surface area contributed by atoms with Crippen molar-refractivity contribution in [3.63, 3.8) is 0 Å². The fraction of sp³-hybridized carbons (Fsp3) is 0.316. The lowest BCUT2D eigenvalue weighted by molar-refractivity contribution is -0.113. The number of anilines is 1. The van der Waals surface area contributed by atoms with Crippen LogP contribution >= 0.6 is 11.8 Å². The molecule has 0 bridgehead atoms. The molecular weight excluding hydrogens is 348 g/mol. The molecule has 0 aliphatic heterocycles. The predicted molar refractivity (Wildman–Crippen MR) is 106 cm³/mol. The van der Waals surface area contributed by atoms with E-state index in [2.05, 4.69) is 15.3 Å². The Kier molecular flexibility index (Phi) is 5.18. The smallest absolute Gasteiger partial charge is 0.278 e. The van der Waals surface area contributed by atoms with Crippen LogP contribution < -0.4 is 10.9 Å². The number of thioether (sulfide) groups is 1. The molecule has 3 rings (SSSR count). The Labute approximate surface area is 156 Å². The summed E-state index contributed by atoms with van der Waals surface area (Å²) in [5.74, 6) is 0.0697. The maximum Gasteiger partial charge on any atom is 0.278 e. The quantitative estimate of drug-likeness (QED) is 0.533. The number of amides is 1. The average molecular weight is 370 g/mol. The number of aromatic nitrogens is 3. The zero-order valence-corrected chi connectivity index (χ0v) is 16.2. The molecule has 136 valence electrons. The SMILES string of the molecule is CCn1c(SCC(=O)Nc2cccc(C)c2C)nc2cc(C)[nH]c2c1=O. The van der Waals surface area contributed by atoms with E-state index in [1.165, 1.54) is 11.8 Å². The highest BCUT2D eigenvalue weighted by molar-refractivity contribution is 7.99. The van der Waals surface area contributed by atoms with Gasteiger partial charge in [0.2, 0.25) is 5.91 Å². The third-order valence-corrected chi connectivity index (χ3v) is 5.34. The summed E-state index contributed by atoms with van der Waals surface area (Å²) in [6.07, 6.45) is 0. The maximum absolute atomic E-state index is 12.6. The maximum atomic E-state index is 12.6. The summed E-state index contributed by atoms with van der Waals surface area (Å²) in [5, 5.41) is 3.49. The van der Waals surface area contributed by atoms with Gasteiger partial charge in [-0.3, -0.25) is 14.2 Å². The Morgan fingerprint density at radius 3 is 2.81 bits per heavy atom. The summed E-state index contributed by atoms with van der Waals surface area (Å²) >= 11 is 1.27. The number of aryl methyl sites for hydroxylation is 2. The normalized spacial score (nSPS) is 11.1. The second-order valence-corrected chi connectivity index (χ2v) is 7.18. The van der Waals surface area contributed by atoms with E-state index < -0.39 is 0 Å². The number of hydrogen-bond donors (Lipinski definition) is 2. The molecule has 0 unspecified atom stereocenters. The fourth-order valence-corrected chi connectivity index (χ4v) is 3.67. The van der Waals surface area contributed by atoms with Crippen molar-refractivity contribution in [1.82, 2.24) is 14.5 Å². The van der Waals surface area contributed by atoms with E-state index in [1.54, 1.807) is 4.57 Å². The van der Waals surface area contributed by atoms with Crippen molar-refractivity contribution in [2.24, 2.45) is 0 Å². The minimum absolute atomic E-state index is 0.108. The Morgan fingerprint density at radius 2 is 2.08 bits per heavy atom. The molecule has 1 aromatic carbocycles. The second kappa shape index (κ2) is 7.37. The third kappa shape index (κ3) is 3.53. The highest BCUT2D eigenvalue weighted by Crippen LogP contribution is 2.21. The van der Waals surface area contributed by atoms with Crippen molar-refractivity contribution in [1.29, 1.82) is 0 Å². The zero-order chi connectivity index (χ0) is 18.8. The van der Waals surface area contributed by atoms with E-state index in [9.17, 15) is 9.59 Å². The fourth-order valence-electron chi connectivity index (χ4n) is 2.80. The molecule has 6 nitrogen and oxygen atoms in total. The van der Waals surface area contributed by atoms with Crippen molar-refractivity contribution in [3.05, 3.63) is 51.4 Å². The summed E-state index contributed by atoms with van der Waals surface area (Å²) in [7, 11) is 0. The first-order valence-corrected chi connectivity index (χ1v) is 9.48. The molecule has 0 aliphatic rings. The molecule has 1 amide bonds. The first-order valence-electron chi connectivity index (χ1n) is 8.49. The minimum atomic E-state index is -0.119. The zero-order valence-electron chi connectivity index (χ0n) is 15.3. The Hall–Kier alpha value is -2.54. The summed E-state index contributed by atoms with van der Waals surface area (Å²) in [6.45, 7) is 8.28. The molecular formula is C19H22N4O2S. The van der Waals surface area contributed by atoms with Crippen molar-refractivity contribution < 1.29 is 4.79 Å². The van der Waals surface area contributed by atoms with Gasteiger partial charge in [0.05, 0.1) is 11.3 Å². The van der Waals surface area contributed by atoms with Crippen LogP contribution in [0.3, 0.4) is 0 Å². The first kappa shape index (κ1) is 18.3. The number of benzene rings is 1. The molecule has 0 spiro atoms. The van der Waals surface area contributed by atoms with Crippen LogP contribution in [0.15, 0.2) is 34.2 Å². The van der Waals surface area contributed by atoms with Gasteiger partial charge >= 0.3 is 0 Å². The van der Waals surface area contributed by atoms with Crippen LogP contribution in [0.1, 0.15) is 23.7 Å². The van der Waals surface area contributed by atoms with Gasteiger partial charge in [0.25, 0.3) is 5.56 Å². The standard InChI is InChI=1S/C19H22N4O2S/c1-5-23-18(25)17-15(9-12(3)20-17)22-19(23)26-10-16(24)21-14-8-6-7-11(2)13(14)4/h6-9,20H,5,10H2,1-4H3,(H,21,24). The van der Waals surface area contributed by atoms with Gasteiger partial charge in [-0.05, 0) is 51.0 Å². The van der Waals surface area contributed by atoms with Crippen LogP contribution in [0.4, 0.5) is 5.69 Å². The van der Waals surface area contributed by atoms with E-state index in [1.807, 2.05) is 52.0 Å². The molecule has 26 heavy (non-hydrogen) atoms. The molecule has 0 aliphatic carbocycles. The minimum Gasteiger partial charge on any atom is -0.353 e. The molecule has 7 heteroatoms. The van der Waals surface area contributed by atoms with E-state index >= 15 is 0 Å². The third-order valence-electron chi connectivity index (χ3n) is 4.36. The van der Waals surface area contributed by atoms with E-state index in [0.29, 0.717) is 22.7 Å². The summed E-state index contributed by atoms with van der Waals surface area (Å²) in [5.41, 5.74) is 4.92. The Morgan fingerprint density at radius 1 is 1.31 bits per heavy atom. The number of nitrogens with one attached hydrogen (secondary N) is 2. The number of fused-ring (bicyclic) bond motifs is 1. The molecule has 2 N–H and O–H groups in total. The largest absolute Gasteiger partial charge is 0.353 e. The van der Waals surface area contributed by atoms with Crippen LogP contribution in [0.5, 0.6) is 0 Å². The van der Waals surface area contributed by atoms with Gasteiger partial charge in [0.1, 0.15) is 5.52 Å². The van der Waals surface area contributed by atoms with Crippen molar-refractivity contribution >= 4 is 34.4 Å². The molecule has 0 fully saturated rings. The molecule has 0 saturated carbocycles. The lowest BCUT2D eigenvalue weighted by atomic mass is 10.1. The summed E-state index contributed by atoms with van der Waals surface area (Å²) < 4.78 is 1.59. The molecule has 2 heterocycles. The highest BCUT2D eigenvalue weighted by atomic mass is 32.2. The number of carbonyl (C=O) groups is 1. The molecule has 0 radical (unpaired) electrons. The van der Waals surface area contributed by atoms with Crippen LogP contribution in [0, 0.1) is 20.8 Å². The number of H-pyrrole nitrogens is 1. The molecule has 0 saturated heterocycles. The average Bonchev–Trinajstić information content (AvgIpc) is 2.98. The van der Waals surface area contributed by atoms with Gasteiger partial charge in [-0.15, -0.1) is 0 Å². The van der Waals surface area contributed by atoms with Gasteiger partial charge in [0.15, 0.2) is 5.16 Å². The van der Waals surface area contributed by atoms with E-state index in [0.717, 1.165) is 22.5 Å². The lowest BCUT2D eigenvalue weighted by Crippen LogP contribution is -2.23. The first-order chi connectivity index (χ1) is 12.4. The predicted octanol–water partition coefficient (Wildman–Crippen LogP) is 3.40. The van der Waals surface area contributed by atoms with Gasteiger partial charge in [-0.1, -0.05) is 23.9 Å². The topological polar surface area (TPSA) is 79.8 Å². The molecule has 3 aromatic rings. The lowest BCUT2D eigenvalue weighted by Gasteiger charge is -2.11. The number of hydrogen-bond acceptors (Lipinski definition) is 4. The van der Waals surface area contributed by atoms with E-state index in [-0.39, 0.29) is 17.2 Å². The van der Waals surface area contributed by atoms with E-state index in [4.69, 9.17) is 0 Å². The van der Waals surface area contributed by atoms with Gasteiger partial charge in [-0.2, -0.15) is 0 Å². The molecule has 0 atom stereocenters. The number of nitrogens with zero attached hydrogens (tertiary/aromatic N) is 2. The van der Waals surface area contributed by atoms with Crippen LogP contribution in [-0.2, 0) is 11.3 Å². The van der Waals surface area contributed by atoms with Crippen LogP contribution in [0.25, 0.3) is 11.0 Å².